The minimum atomic E-state index is 0.0250. The lowest BCUT2D eigenvalue weighted by Gasteiger charge is -2.20. The second-order valence-corrected chi connectivity index (χ2v) is 6.48. The molecule has 0 aliphatic heterocycles. The Labute approximate surface area is 143 Å². The Kier molecular flexibility index (Phi) is 6.61. The van der Waals surface area contributed by atoms with Crippen LogP contribution in [0.4, 0.5) is 0 Å². The van der Waals surface area contributed by atoms with Gasteiger partial charge in [-0.15, -0.1) is 0 Å². The molecule has 1 aliphatic rings. The number of nitrogens with one attached hydrogen (secondary N) is 2. The number of hydrogen-bond acceptors (Lipinski definition) is 3. The van der Waals surface area contributed by atoms with Gasteiger partial charge in [-0.1, -0.05) is 12.1 Å². The van der Waals surface area contributed by atoms with Gasteiger partial charge in [0.15, 0.2) is 13.1 Å². The number of rotatable bonds is 9. The predicted molar refractivity (Wildman–Crippen MR) is 91.9 cm³/mol. The largest absolute Gasteiger partial charge is 0.494 e. The number of ether oxygens (including phenoxy) is 1. The summed E-state index contributed by atoms with van der Waals surface area (Å²) in [6.45, 7) is 3.78. The molecule has 132 valence electrons. The lowest BCUT2D eigenvalue weighted by Crippen LogP contribution is -3.11. The van der Waals surface area contributed by atoms with Gasteiger partial charge in [0.25, 0.3) is 11.8 Å². The zero-order valence-electron chi connectivity index (χ0n) is 14.8. The minimum absolute atomic E-state index is 0.0250. The Balaban J connectivity index is 1.74. The summed E-state index contributed by atoms with van der Waals surface area (Å²) < 4.78 is 5.41. The van der Waals surface area contributed by atoms with Crippen molar-refractivity contribution in [3.05, 3.63) is 29.8 Å². The molecule has 1 aliphatic carbocycles. The maximum absolute atomic E-state index is 12.3. The number of carbonyl (C=O) groups excluding carboxylic acids is 2. The van der Waals surface area contributed by atoms with Gasteiger partial charge in [0, 0.05) is 19.6 Å². The van der Waals surface area contributed by atoms with E-state index in [4.69, 9.17) is 4.74 Å². The Hall–Kier alpha value is -2.08. The highest BCUT2D eigenvalue weighted by Crippen LogP contribution is 2.18. The molecule has 1 aromatic rings. The maximum atomic E-state index is 12.3. The molecule has 2 amide bonds. The fourth-order valence-electron chi connectivity index (χ4n) is 2.46. The highest BCUT2D eigenvalue weighted by atomic mass is 16.5. The first kappa shape index (κ1) is 18.3. The second-order valence-electron chi connectivity index (χ2n) is 6.48. The highest BCUT2D eigenvalue weighted by Gasteiger charge is 2.25. The third kappa shape index (κ3) is 6.20. The van der Waals surface area contributed by atoms with Crippen molar-refractivity contribution in [2.75, 3.05) is 33.8 Å². The fraction of sp³-hybridized carbons (Fsp3) is 0.556. The summed E-state index contributed by atoms with van der Waals surface area (Å²) in [4.78, 5) is 26.6. The number of nitrogens with zero attached hydrogens (tertiary/aromatic N) is 1. The van der Waals surface area contributed by atoms with Crippen molar-refractivity contribution in [3.63, 3.8) is 0 Å². The van der Waals surface area contributed by atoms with E-state index in [-0.39, 0.29) is 11.8 Å². The van der Waals surface area contributed by atoms with Crippen molar-refractivity contribution in [1.82, 2.24) is 10.2 Å². The number of benzene rings is 1. The predicted octanol–water partition coefficient (Wildman–Crippen LogP) is -0.163. The van der Waals surface area contributed by atoms with Gasteiger partial charge in [-0.25, -0.2) is 0 Å². The average molecular weight is 334 g/mol. The van der Waals surface area contributed by atoms with E-state index in [0.29, 0.717) is 32.3 Å². The molecule has 0 heterocycles. The van der Waals surface area contributed by atoms with Crippen LogP contribution in [0.3, 0.4) is 0 Å². The molecular weight excluding hydrogens is 306 g/mol. The number of amides is 2. The second kappa shape index (κ2) is 8.68. The first-order valence-electron chi connectivity index (χ1n) is 8.54. The summed E-state index contributed by atoms with van der Waals surface area (Å²) in [5.41, 5.74) is 1.05. The quantitative estimate of drug-likeness (QED) is 0.659. The first-order chi connectivity index (χ1) is 11.5. The molecule has 1 aromatic carbocycles. The summed E-state index contributed by atoms with van der Waals surface area (Å²) in [6.07, 6.45) is 2.16. The van der Waals surface area contributed by atoms with Crippen LogP contribution in [0.2, 0.25) is 0 Å². The van der Waals surface area contributed by atoms with Gasteiger partial charge in [-0.05, 0) is 37.5 Å². The summed E-state index contributed by atoms with van der Waals surface area (Å²) >= 11 is 0. The van der Waals surface area contributed by atoms with Crippen molar-refractivity contribution in [3.8, 4) is 5.75 Å². The number of quaternary nitrogens is 1. The van der Waals surface area contributed by atoms with Crippen LogP contribution in [0.25, 0.3) is 0 Å². The van der Waals surface area contributed by atoms with E-state index in [1.807, 2.05) is 38.2 Å². The number of hydrogen-bond donors (Lipinski definition) is 2. The van der Waals surface area contributed by atoms with Crippen LogP contribution < -0.4 is 15.0 Å². The van der Waals surface area contributed by atoms with Crippen LogP contribution in [0.15, 0.2) is 24.3 Å². The molecule has 6 heteroatoms. The lowest BCUT2D eigenvalue weighted by molar-refractivity contribution is -0.863. The molecular formula is C18H28N3O3+. The molecule has 6 nitrogen and oxygen atoms in total. The summed E-state index contributed by atoms with van der Waals surface area (Å²) in [6, 6.07) is 8.12. The number of carbonyl (C=O) groups is 2. The van der Waals surface area contributed by atoms with Gasteiger partial charge in [-0.2, -0.15) is 0 Å². The van der Waals surface area contributed by atoms with Gasteiger partial charge in [-0.3, -0.25) is 9.59 Å². The highest BCUT2D eigenvalue weighted by molar-refractivity contribution is 5.79. The van der Waals surface area contributed by atoms with Crippen molar-refractivity contribution < 1.29 is 19.2 Å². The van der Waals surface area contributed by atoms with Crippen LogP contribution in [-0.2, 0) is 16.1 Å². The lowest BCUT2D eigenvalue weighted by atomic mass is 10.2. The average Bonchev–Trinajstić information content (AvgIpc) is 3.33. The smallest absolute Gasteiger partial charge is 0.277 e. The van der Waals surface area contributed by atoms with Gasteiger partial charge < -0.3 is 19.9 Å². The van der Waals surface area contributed by atoms with E-state index >= 15 is 0 Å². The molecule has 0 bridgehead atoms. The molecule has 0 aromatic heterocycles. The third-order valence-electron chi connectivity index (χ3n) is 3.94. The molecule has 24 heavy (non-hydrogen) atoms. The normalized spacial score (nSPS) is 14.8. The molecule has 0 saturated heterocycles. The van der Waals surface area contributed by atoms with Crippen LogP contribution in [0.5, 0.6) is 5.75 Å². The summed E-state index contributed by atoms with van der Waals surface area (Å²) in [7, 11) is 3.66. The zero-order chi connectivity index (χ0) is 17.5. The van der Waals surface area contributed by atoms with Crippen molar-refractivity contribution >= 4 is 11.8 Å². The van der Waals surface area contributed by atoms with Crippen molar-refractivity contribution in [2.24, 2.45) is 0 Å². The standard InChI is InChI=1S/C18H27N3O3/c1-4-24-16-9-5-14(6-10-16)11-21(3)18(23)13-20(2)12-17(22)19-15-7-8-15/h5-6,9-10,15H,4,7-8,11-13H2,1-3H3,(H,19,22)/p+1. The molecule has 2 rings (SSSR count). The van der Waals surface area contributed by atoms with Crippen LogP contribution in [0.1, 0.15) is 25.3 Å². The van der Waals surface area contributed by atoms with Gasteiger partial charge in [0.2, 0.25) is 0 Å². The summed E-state index contributed by atoms with van der Waals surface area (Å²) in [5.74, 6) is 0.888. The monoisotopic (exact) mass is 334 g/mol. The van der Waals surface area contributed by atoms with Gasteiger partial charge in [0.05, 0.1) is 13.7 Å². The van der Waals surface area contributed by atoms with Crippen molar-refractivity contribution in [1.29, 1.82) is 0 Å². The molecule has 1 saturated carbocycles. The van der Waals surface area contributed by atoms with E-state index in [9.17, 15) is 9.59 Å². The van der Waals surface area contributed by atoms with Crippen LogP contribution in [-0.4, -0.2) is 56.5 Å². The Morgan fingerprint density at radius 3 is 2.50 bits per heavy atom. The Morgan fingerprint density at radius 2 is 1.92 bits per heavy atom. The minimum Gasteiger partial charge on any atom is -0.494 e. The topological polar surface area (TPSA) is 63.1 Å². The van der Waals surface area contributed by atoms with E-state index < -0.39 is 0 Å². The fourth-order valence-corrected chi connectivity index (χ4v) is 2.46. The van der Waals surface area contributed by atoms with E-state index in [1.54, 1.807) is 11.9 Å². The number of likely N-dealkylation sites (N-methyl/N-ethyl adjacent to an activating group) is 2. The van der Waals surface area contributed by atoms with Crippen LogP contribution in [0, 0.1) is 0 Å². The molecule has 1 fully saturated rings. The SMILES string of the molecule is CCOc1ccc(CN(C)C(=O)C[NH+](C)CC(=O)NC2CC2)cc1. The third-order valence-corrected chi connectivity index (χ3v) is 3.94. The van der Waals surface area contributed by atoms with Gasteiger partial charge >= 0.3 is 0 Å². The van der Waals surface area contributed by atoms with Gasteiger partial charge in [0.1, 0.15) is 5.75 Å². The Morgan fingerprint density at radius 1 is 1.25 bits per heavy atom. The van der Waals surface area contributed by atoms with Crippen molar-refractivity contribution in [2.45, 2.75) is 32.4 Å². The first-order valence-corrected chi connectivity index (χ1v) is 8.54. The molecule has 2 N–H and O–H groups in total. The molecule has 1 atom stereocenters. The van der Waals surface area contributed by atoms with Crippen LogP contribution >= 0.6 is 0 Å². The van der Waals surface area contributed by atoms with E-state index in [1.165, 1.54) is 0 Å². The maximum Gasteiger partial charge on any atom is 0.277 e. The summed E-state index contributed by atoms with van der Waals surface area (Å²) in [5, 5.41) is 2.95. The van der Waals surface area contributed by atoms with E-state index in [0.717, 1.165) is 29.1 Å². The molecule has 0 spiro atoms. The molecule has 0 radical (unpaired) electrons. The van der Waals surface area contributed by atoms with E-state index in [2.05, 4.69) is 5.32 Å². The molecule has 1 unspecified atom stereocenters. The Bertz CT molecular complexity index is 555. The zero-order valence-corrected chi connectivity index (χ0v) is 14.8.